The van der Waals surface area contributed by atoms with Crippen molar-refractivity contribution in [2.45, 2.75) is 48.9 Å². The minimum Gasteiger partial charge on any atom is -0.448 e. The van der Waals surface area contributed by atoms with Crippen LogP contribution in [0, 0.1) is 0 Å². The van der Waals surface area contributed by atoms with Crippen LogP contribution in [-0.4, -0.2) is 60.2 Å². The Morgan fingerprint density at radius 2 is 1.73 bits per heavy atom. The summed E-state index contributed by atoms with van der Waals surface area (Å²) in [5, 5.41) is 9.29. The second kappa shape index (κ2) is 12.8. The van der Waals surface area contributed by atoms with Crippen LogP contribution in [-0.2, 0) is 19.1 Å². The van der Waals surface area contributed by atoms with Crippen molar-refractivity contribution in [2.75, 3.05) is 5.75 Å². The largest absolute Gasteiger partial charge is 0.448 e. The molecular weight excluding hydrogens is 611 g/mol. The minimum atomic E-state index is -0.835. The van der Waals surface area contributed by atoms with Gasteiger partial charge in [-0.2, -0.15) is 5.10 Å². The summed E-state index contributed by atoms with van der Waals surface area (Å²) in [7, 11) is 0. The molecule has 2 aliphatic rings. The number of benzene rings is 2. The fourth-order valence-corrected chi connectivity index (χ4v) is 6.96. The lowest BCUT2D eigenvalue weighted by molar-refractivity contribution is -0.153. The highest BCUT2D eigenvalue weighted by atomic mass is 32.2. The van der Waals surface area contributed by atoms with Crippen molar-refractivity contribution in [2.24, 2.45) is 0 Å². The van der Waals surface area contributed by atoms with Crippen molar-refractivity contribution in [3.05, 3.63) is 119 Å². The molecule has 6 rings (SSSR count). The van der Waals surface area contributed by atoms with E-state index in [1.165, 1.54) is 28.4 Å². The average Bonchev–Trinajstić information content (AvgIpc) is 3.50. The number of thioether (sulfide) groups is 2. The monoisotopic (exact) mass is 641 g/mol. The Balaban J connectivity index is 1.30. The Morgan fingerprint density at radius 3 is 2.40 bits per heavy atom. The highest BCUT2D eigenvalue weighted by molar-refractivity contribution is 8.02. The number of nitrogens with one attached hydrogen (secondary N) is 1. The van der Waals surface area contributed by atoms with Crippen LogP contribution in [0.2, 0.25) is 0 Å². The summed E-state index contributed by atoms with van der Waals surface area (Å²) in [6.07, 6.45) is 3.87. The predicted octanol–water partition coefficient (Wildman–Crippen LogP) is 5.73. The standard InChI is InChI=1S/C33H31N5O5S2/c1-33(2,3)43-32(41)35-26-29(39)38-27(31(40)42-28(21-10-6-4-7-11-21)22-12-8-5-9-13-22)23(20-45-30(26)38)16-19-44-25-15-14-24-34-17-18-37(24)36-25/h4-19,26,28,30H,20H2,1-3H3,(H,35,41)/b19-16+/t26-,30+/m1/s1. The van der Waals surface area contributed by atoms with Crippen LogP contribution in [0.4, 0.5) is 4.79 Å². The Hall–Kier alpha value is -4.55. The zero-order valence-electron chi connectivity index (χ0n) is 24.8. The molecule has 2 amide bonds. The molecule has 0 aliphatic carbocycles. The van der Waals surface area contributed by atoms with Gasteiger partial charge in [-0.15, -0.1) is 11.8 Å². The molecule has 0 bridgehead atoms. The number of carbonyl (C=O) groups excluding carboxylic acids is 3. The SMILES string of the molecule is CC(C)(C)OC(=O)N[C@@H]1C(=O)N2C(C(=O)OC(c3ccccc3)c3ccccc3)=C(/C=C/Sc3ccc4nccn4n3)CS[C@@H]12. The first-order valence-corrected chi connectivity index (χ1v) is 16.2. The lowest BCUT2D eigenvalue weighted by Crippen LogP contribution is -2.70. The van der Waals surface area contributed by atoms with Gasteiger partial charge in [0.25, 0.3) is 5.91 Å². The van der Waals surface area contributed by atoms with E-state index >= 15 is 0 Å². The third-order valence-corrected chi connectivity index (χ3v) is 9.02. The summed E-state index contributed by atoms with van der Waals surface area (Å²) in [6, 6.07) is 21.8. The molecule has 45 heavy (non-hydrogen) atoms. The molecule has 1 N–H and O–H groups in total. The Morgan fingerprint density at radius 1 is 1.04 bits per heavy atom. The van der Waals surface area contributed by atoms with Gasteiger partial charge in [0.05, 0.1) is 0 Å². The third-order valence-electron chi connectivity index (χ3n) is 6.98. The number of imidazole rings is 1. The second-order valence-electron chi connectivity index (χ2n) is 11.3. The third kappa shape index (κ3) is 6.76. The van der Waals surface area contributed by atoms with Crippen LogP contribution in [0.1, 0.15) is 38.0 Å². The summed E-state index contributed by atoms with van der Waals surface area (Å²) in [5.41, 5.74) is 2.39. The first-order chi connectivity index (χ1) is 21.7. The van der Waals surface area contributed by atoms with E-state index in [2.05, 4.69) is 15.4 Å². The van der Waals surface area contributed by atoms with E-state index in [1.54, 1.807) is 37.7 Å². The predicted molar refractivity (Wildman–Crippen MR) is 172 cm³/mol. The maximum absolute atomic E-state index is 14.1. The number of rotatable bonds is 8. The number of β-lactam (4-membered cyclic amide) rings is 1. The summed E-state index contributed by atoms with van der Waals surface area (Å²) in [5.74, 6) is -0.631. The van der Waals surface area contributed by atoms with Gasteiger partial charge in [0.1, 0.15) is 27.7 Å². The zero-order chi connectivity index (χ0) is 31.6. The van der Waals surface area contributed by atoms with Gasteiger partial charge in [-0.3, -0.25) is 9.69 Å². The molecule has 2 aromatic carbocycles. The molecule has 0 unspecified atom stereocenters. The molecule has 4 heterocycles. The Bertz CT molecular complexity index is 1750. The fraction of sp³-hybridized carbons (Fsp3) is 0.242. The van der Waals surface area contributed by atoms with Crippen molar-refractivity contribution >= 4 is 47.1 Å². The van der Waals surface area contributed by atoms with E-state index in [-0.39, 0.29) is 5.70 Å². The van der Waals surface area contributed by atoms with Gasteiger partial charge in [-0.05, 0) is 61.1 Å². The van der Waals surface area contributed by atoms with E-state index in [4.69, 9.17) is 9.47 Å². The number of carbonyl (C=O) groups is 3. The quantitative estimate of drug-likeness (QED) is 0.146. The average molecular weight is 642 g/mol. The highest BCUT2D eigenvalue weighted by Gasteiger charge is 2.54. The molecule has 1 saturated heterocycles. The van der Waals surface area contributed by atoms with Gasteiger partial charge < -0.3 is 14.8 Å². The molecule has 230 valence electrons. The Labute approximate surface area is 268 Å². The number of allylic oxidation sites excluding steroid dienone is 1. The maximum atomic E-state index is 14.1. The zero-order valence-corrected chi connectivity index (χ0v) is 26.5. The van der Waals surface area contributed by atoms with E-state index in [9.17, 15) is 14.4 Å². The van der Waals surface area contributed by atoms with E-state index in [0.29, 0.717) is 11.3 Å². The first-order valence-electron chi connectivity index (χ1n) is 14.3. The second-order valence-corrected chi connectivity index (χ2v) is 13.4. The molecule has 0 saturated carbocycles. The van der Waals surface area contributed by atoms with Crippen LogP contribution in [0.3, 0.4) is 0 Å². The van der Waals surface area contributed by atoms with Gasteiger partial charge in [0.15, 0.2) is 11.8 Å². The number of fused-ring (bicyclic) bond motifs is 2. The van der Waals surface area contributed by atoms with Crippen molar-refractivity contribution < 1.29 is 23.9 Å². The normalized spacial score (nSPS) is 18.2. The molecule has 0 radical (unpaired) electrons. The van der Waals surface area contributed by atoms with E-state index < -0.39 is 41.1 Å². The van der Waals surface area contributed by atoms with Gasteiger partial charge in [-0.25, -0.2) is 19.1 Å². The number of amides is 2. The van der Waals surface area contributed by atoms with Gasteiger partial charge >= 0.3 is 12.1 Å². The molecule has 4 aromatic rings. The van der Waals surface area contributed by atoms with Crippen molar-refractivity contribution in [1.29, 1.82) is 0 Å². The Kier molecular flexibility index (Phi) is 8.68. The van der Waals surface area contributed by atoms with Gasteiger partial charge in [0.2, 0.25) is 0 Å². The number of aromatic nitrogens is 3. The summed E-state index contributed by atoms with van der Waals surface area (Å²) < 4.78 is 13.3. The van der Waals surface area contributed by atoms with Crippen LogP contribution < -0.4 is 5.32 Å². The topological polar surface area (TPSA) is 115 Å². The van der Waals surface area contributed by atoms with E-state index in [1.807, 2.05) is 84.3 Å². The van der Waals surface area contributed by atoms with Crippen LogP contribution in [0.25, 0.3) is 5.65 Å². The van der Waals surface area contributed by atoms with Gasteiger partial charge in [0, 0.05) is 18.1 Å². The highest BCUT2D eigenvalue weighted by Crippen LogP contribution is 2.42. The molecule has 1 fully saturated rings. The fourth-order valence-electron chi connectivity index (χ4n) is 4.99. The smallest absolute Gasteiger partial charge is 0.408 e. The number of alkyl carbamates (subject to hydrolysis) is 1. The summed E-state index contributed by atoms with van der Waals surface area (Å²) in [6.45, 7) is 5.26. The van der Waals surface area contributed by atoms with Crippen molar-refractivity contribution in [1.82, 2.24) is 24.8 Å². The lowest BCUT2D eigenvalue weighted by atomic mass is 10.0. The summed E-state index contributed by atoms with van der Waals surface area (Å²) >= 11 is 2.83. The maximum Gasteiger partial charge on any atom is 0.408 e. The van der Waals surface area contributed by atoms with Crippen LogP contribution in [0.5, 0.6) is 0 Å². The number of nitrogens with zero attached hydrogens (tertiary/aromatic N) is 4. The molecular formula is C33H31N5O5S2. The molecule has 2 aromatic heterocycles. The molecule has 12 heteroatoms. The summed E-state index contributed by atoms with van der Waals surface area (Å²) in [4.78, 5) is 45.8. The van der Waals surface area contributed by atoms with Gasteiger partial charge in [-0.1, -0.05) is 72.4 Å². The minimum absolute atomic E-state index is 0.151. The van der Waals surface area contributed by atoms with Crippen molar-refractivity contribution in [3.8, 4) is 0 Å². The molecule has 2 atom stereocenters. The first kappa shape index (κ1) is 30.5. The molecule has 2 aliphatic heterocycles. The molecule has 0 spiro atoms. The van der Waals surface area contributed by atoms with Crippen molar-refractivity contribution in [3.63, 3.8) is 0 Å². The number of hydrogen-bond donors (Lipinski definition) is 1. The number of esters is 1. The van der Waals surface area contributed by atoms with Crippen LogP contribution in [0.15, 0.2) is 113 Å². The number of ether oxygens (including phenoxy) is 2. The lowest BCUT2D eigenvalue weighted by Gasteiger charge is -2.49. The van der Waals surface area contributed by atoms with E-state index in [0.717, 1.165) is 21.8 Å². The molecule has 10 nitrogen and oxygen atoms in total. The van der Waals surface area contributed by atoms with Crippen LogP contribution >= 0.6 is 23.5 Å². The number of hydrogen-bond acceptors (Lipinski definition) is 9.